The summed E-state index contributed by atoms with van der Waals surface area (Å²) in [5, 5.41) is 109. The van der Waals surface area contributed by atoms with Crippen LogP contribution in [-0.4, -0.2) is 168 Å². The molecule has 0 aromatic carbocycles. The predicted octanol–water partition coefficient (Wildman–Crippen LogP) is -7.57. The summed E-state index contributed by atoms with van der Waals surface area (Å²) in [4.78, 5) is 0. The molecule has 3 aliphatic heterocycles. The van der Waals surface area contributed by atoms with Gasteiger partial charge in [-0.15, -0.1) is 0 Å². The van der Waals surface area contributed by atoms with Gasteiger partial charge < -0.3 is 79.9 Å². The molecule has 11 N–H and O–H groups in total. The van der Waals surface area contributed by atoms with E-state index in [9.17, 15) is 56.2 Å². The van der Waals surface area contributed by atoms with E-state index in [2.05, 4.69) is 0 Å². The first-order valence-electron chi connectivity index (χ1n) is 10.6. The highest BCUT2D eigenvalue weighted by atomic mass is 16.7. The number of aliphatic hydroxyl groups is 11. The highest BCUT2D eigenvalue weighted by Crippen LogP contribution is 2.30. The second kappa shape index (κ2) is 11.6. The summed E-state index contributed by atoms with van der Waals surface area (Å²) in [5.74, 6) is 0. The smallest absolute Gasteiger partial charge is 0.187 e. The average Bonchev–Trinajstić information content (AvgIpc) is 2.82. The number of aliphatic hydroxyl groups excluding tert-OH is 11. The normalized spacial score (nSPS) is 52.5. The summed E-state index contributed by atoms with van der Waals surface area (Å²) in [5.41, 5.74) is 0. The summed E-state index contributed by atoms with van der Waals surface area (Å²) < 4.78 is 26.4. The maximum Gasteiger partial charge on any atom is 0.187 e. The lowest BCUT2D eigenvalue weighted by Gasteiger charge is -2.46. The monoisotopic (exact) mass is 504 g/mol. The predicted molar refractivity (Wildman–Crippen MR) is 101 cm³/mol. The minimum absolute atomic E-state index is 0.619. The molecule has 200 valence electrons. The van der Waals surface area contributed by atoms with Crippen molar-refractivity contribution in [1.29, 1.82) is 0 Å². The van der Waals surface area contributed by atoms with E-state index >= 15 is 0 Å². The van der Waals surface area contributed by atoms with Crippen LogP contribution in [0.25, 0.3) is 0 Å². The van der Waals surface area contributed by atoms with Crippen LogP contribution in [0, 0.1) is 0 Å². The zero-order chi connectivity index (χ0) is 25.3. The minimum atomic E-state index is -1.91. The van der Waals surface area contributed by atoms with E-state index in [1.807, 2.05) is 0 Å². The van der Waals surface area contributed by atoms with Gasteiger partial charge >= 0.3 is 0 Å². The van der Waals surface area contributed by atoms with Gasteiger partial charge in [0.15, 0.2) is 18.9 Å². The van der Waals surface area contributed by atoms with Crippen molar-refractivity contribution >= 4 is 0 Å². The number of hydrogen-bond acceptors (Lipinski definition) is 16. The standard InChI is InChI=1S/C18H32O16/c19-1-4-7(21)9(23)13(27)17(32-4)30-3-6-15(11(25)12(26)16(29)31-6)34-18-14(28)10(24)8(22)5(2-20)33-18/h4-29H,1-3H2/t4-,5-,6-,7-,8-,9+,10+,11-,12-,13-,14-,15-,16?,17+,18+/m1/s1. The summed E-state index contributed by atoms with van der Waals surface area (Å²) in [6.45, 7) is -2.08. The van der Waals surface area contributed by atoms with Gasteiger partial charge in [0.05, 0.1) is 19.8 Å². The van der Waals surface area contributed by atoms with Gasteiger partial charge in [-0.3, -0.25) is 0 Å². The van der Waals surface area contributed by atoms with E-state index in [1.165, 1.54) is 0 Å². The lowest BCUT2D eigenvalue weighted by molar-refractivity contribution is -0.363. The van der Waals surface area contributed by atoms with Gasteiger partial charge in [0, 0.05) is 0 Å². The molecule has 0 amide bonds. The largest absolute Gasteiger partial charge is 0.394 e. The molecule has 15 atom stereocenters. The van der Waals surface area contributed by atoms with E-state index in [-0.39, 0.29) is 0 Å². The highest BCUT2D eigenvalue weighted by Gasteiger charge is 2.51. The van der Waals surface area contributed by atoms with Gasteiger partial charge in [0.2, 0.25) is 0 Å². The van der Waals surface area contributed by atoms with Crippen LogP contribution >= 0.6 is 0 Å². The van der Waals surface area contributed by atoms with Crippen molar-refractivity contribution in [3.63, 3.8) is 0 Å². The molecule has 16 nitrogen and oxygen atoms in total. The van der Waals surface area contributed by atoms with Gasteiger partial charge in [-0.05, 0) is 0 Å². The molecule has 0 aliphatic carbocycles. The third-order valence-corrected chi connectivity index (χ3v) is 6.07. The summed E-state index contributed by atoms with van der Waals surface area (Å²) >= 11 is 0. The van der Waals surface area contributed by atoms with Crippen LogP contribution in [0.2, 0.25) is 0 Å². The molecule has 3 saturated heterocycles. The minimum Gasteiger partial charge on any atom is -0.394 e. The van der Waals surface area contributed by atoms with Gasteiger partial charge in [-0.25, -0.2) is 0 Å². The Bertz CT molecular complexity index is 637. The Hall–Kier alpha value is -0.640. The molecular weight excluding hydrogens is 472 g/mol. The average molecular weight is 504 g/mol. The second-order valence-corrected chi connectivity index (χ2v) is 8.37. The Balaban J connectivity index is 1.72. The van der Waals surface area contributed by atoms with Crippen LogP contribution in [-0.2, 0) is 23.7 Å². The number of hydrogen-bond donors (Lipinski definition) is 11. The van der Waals surface area contributed by atoms with Crippen molar-refractivity contribution in [2.45, 2.75) is 92.1 Å². The van der Waals surface area contributed by atoms with Crippen LogP contribution in [0.15, 0.2) is 0 Å². The molecule has 0 spiro atoms. The Morgan fingerprint density at radius 2 is 1.00 bits per heavy atom. The molecule has 34 heavy (non-hydrogen) atoms. The summed E-state index contributed by atoms with van der Waals surface area (Å²) in [7, 11) is 0. The zero-order valence-corrected chi connectivity index (χ0v) is 17.7. The molecule has 3 aliphatic rings. The summed E-state index contributed by atoms with van der Waals surface area (Å²) in [6, 6.07) is 0. The van der Waals surface area contributed by atoms with Gasteiger partial charge in [0.25, 0.3) is 0 Å². The molecule has 3 rings (SSSR count). The molecular formula is C18H32O16. The first-order valence-corrected chi connectivity index (χ1v) is 10.6. The van der Waals surface area contributed by atoms with E-state index in [4.69, 9.17) is 23.7 Å². The molecule has 3 fully saturated rings. The maximum absolute atomic E-state index is 10.4. The van der Waals surface area contributed by atoms with Gasteiger partial charge in [0.1, 0.15) is 73.2 Å². The van der Waals surface area contributed by atoms with Crippen LogP contribution in [0.5, 0.6) is 0 Å². The van der Waals surface area contributed by atoms with Crippen LogP contribution in [0.4, 0.5) is 0 Å². The topological polar surface area (TPSA) is 269 Å². The lowest BCUT2D eigenvalue weighted by atomic mass is 9.97. The van der Waals surface area contributed by atoms with Crippen LogP contribution in [0.3, 0.4) is 0 Å². The molecule has 0 aromatic heterocycles. The third kappa shape index (κ3) is 5.52. The quantitative estimate of drug-likeness (QED) is 0.154. The van der Waals surface area contributed by atoms with Crippen molar-refractivity contribution in [2.75, 3.05) is 19.8 Å². The molecule has 0 bridgehead atoms. The van der Waals surface area contributed by atoms with E-state index in [1.54, 1.807) is 0 Å². The van der Waals surface area contributed by atoms with Crippen molar-refractivity contribution in [3.05, 3.63) is 0 Å². The van der Waals surface area contributed by atoms with Crippen molar-refractivity contribution in [2.24, 2.45) is 0 Å². The molecule has 16 heteroatoms. The third-order valence-electron chi connectivity index (χ3n) is 6.07. The SMILES string of the molecule is OC[C@H]1O[C@@H](O[C@H]2[C@H](O)[C@@H](O)C(O)O[C@@H]2CO[C@H]2O[C@H](CO)[C@@H](O)[C@H](O)[C@H]2O)[C@H](O)[C@@H](O)[C@@H]1O. The van der Waals surface area contributed by atoms with Crippen molar-refractivity contribution in [1.82, 2.24) is 0 Å². The van der Waals surface area contributed by atoms with Gasteiger partial charge in [-0.2, -0.15) is 0 Å². The fraction of sp³-hybridized carbons (Fsp3) is 1.00. The van der Waals surface area contributed by atoms with Crippen molar-refractivity contribution in [3.8, 4) is 0 Å². The Morgan fingerprint density at radius 3 is 1.53 bits per heavy atom. The summed E-state index contributed by atoms with van der Waals surface area (Å²) in [6.07, 6.45) is -25.0. The van der Waals surface area contributed by atoms with Crippen LogP contribution in [0.1, 0.15) is 0 Å². The first-order chi connectivity index (χ1) is 16.0. The fourth-order valence-corrected chi connectivity index (χ4v) is 3.95. The first kappa shape index (κ1) is 27.9. The number of ether oxygens (including phenoxy) is 5. The maximum atomic E-state index is 10.4. The molecule has 1 unspecified atom stereocenters. The molecule has 3 heterocycles. The molecule has 0 aromatic rings. The Labute approximate surface area is 192 Å². The number of rotatable bonds is 7. The fourth-order valence-electron chi connectivity index (χ4n) is 3.95. The second-order valence-electron chi connectivity index (χ2n) is 8.37. The lowest BCUT2D eigenvalue weighted by Crippen LogP contribution is -2.65. The van der Waals surface area contributed by atoms with Crippen molar-refractivity contribution < 1.29 is 79.9 Å². The van der Waals surface area contributed by atoms with Crippen LogP contribution < -0.4 is 0 Å². The highest BCUT2D eigenvalue weighted by molar-refractivity contribution is 4.94. The van der Waals surface area contributed by atoms with Gasteiger partial charge in [-0.1, -0.05) is 0 Å². The van der Waals surface area contributed by atoms with E-state index in [0.29, 0.717) is 0 Å². The molecule has 0 saturated carbocycles. The molecule has 0 radical (unpaired) electrons. The van der Waals surface area contributed by atoms with E-state index < -0.39 is 112 Å². The Morgan fingerprint density at radius 1 is 0.500 bits per heavy atom. The zero-order valence-electron chi connectivity index (χ0n) is 17.7. The Kier molecular flexibility index (Phi) is 9.54. The van der Waals surface area contributed by atoms with E-state index in [0.717, 1.165) is 0 Å².